The minimum absolute atomic E-state index is 0. The van der Waals surface area contributed by atoms with Crippen LogP contribution < -0.4 is 10.2 Å². The van der Waals surface area contributed by atoms with Crippen molar-refractivity contribution in [1.29, 1.82) is 0 Å². The van der Waals surface area contributed by atoms with Crippen molar-refractivity contribution in [2.75, 3.05) is 0 Å². The molecule has 56 valence electrons. The van der Waals surface area contributed by atoms with Crippen LogP contribution in [-0.2, 0) is 10.4 Å². The number of hydrogen-bond donors (Lipinski definition) is 0. The van der Waals surface area contributed by atoms with Crippen molar-refractivity contribution in [3.05, 3.63) is 0 Å². The predicted octanol–water partition coefficient (Wildman–Crippen LogP) is -4.55. The Kier molecular flexibility index (Phi) is 21.9. The summed E-state index contributed by atoms with van der Waals surface area (Å²) in [7, 11) is -5.17. The fourth-order valence-corrected chi connectivity index (χ4v) is 0. The maximum atomic E-state index is 8.52. The van der Waals surface area contributed by atoms with Crippen LogP contribution in [0, 0.1) is 0 Å². The molecule has 0 amide bonds. The Bertz CT molecular complexity index is 159. The van der Waals surface area contributed by atoms with E-state index in [2.05, 4.69) is 0 Å². The summed E-state index contributed by atoms with van der Waals surface area (Å²) in [6.45, 7) is 0. The second-order valence-corrected chi connectivity index (χ2v) is 1.47. The van der Waals surface area contributed by atoms with E-state index in [1.165, 1.54) is 0 Å². The normalized spacial score (nSPS) is 7.45. The minimum Gasteiger partial charge on any atom is -0.759 e. The molecule has 7 nitrogen and oxygen atoms in total. The fraction of sp³-hybridized carbons (Fsp3) is 0. The summed E-state index contributed by atoms with van der Waals surface area (Å²) in [5.41, 5.74) is 0. The summed E-state index contributed by atoms with van der Waals surface area (Å²) in [6.07, 6.45) is -2.33. The zero-order valence-corrected chi connectivity index (χ0v) is 8.83. The third-order valence-corrected chi connectivity index (χ3v) is 0. The van der Waals surface area contributed by atoms with Crippen LogP contribution in [0.4, 0.5) is 4.79 Å². The van der Waals surface area contributed by atoms with Crippen molar-refractivity contribution in [1.82, 2.24) is 0 Å². The van der Waals surface area contributed by atoms with Gasteiger partial charge >= 0.3 is 46.1 Å². The summed E-state index contributed by atoms with van der Waals surface area (Å²) < 4.78 is 34.1. The van der Waals surface area contributed by atoms with Crippen LogP contribution >= 0.6 is 0 Å². The molecule has 0 bridgehead atoms. The van der Waals surface area contributed by atoms with Crippen molar-refractivity contribution < 1.29 is 32.5 Å². The zero-order valence-electron chi connectivity index (χ0n) is 5.18. The van der Waals surface area contributed by atoms with Gasteiger partial charge in [0, 0.05) is 10.4 Å². The van der Waals surface area contributed by atoms with Crippen LogP contribution in [0.5, 0.6) is 0 Å². The molecule has 0 N–H and O–H groups in total. The Labute approximate surface area is 94.7 Å². The molecule has 10 heteroatoms. The monoisotopic (exact) mass is 204 g/mol. The van der Waals surface area contributed by atoms with Crippen LogP contribution in [0.15, 0.2) is 0 Å². The first-order chi connectivity index (χ1) is 3.73. The van der Waals surface area contributed by atoms with Gasteiger partial charge in [-0.25, -0.2) is 0 Å². The molecule has 0 aliphatic rings. The maximum Gasteiger partial charge on any atom is 2.00 e. The second-order valence-electron chi connectivity index (χ2n) is 0.658. The molecule has 0 aromatic rings. The van der Waals surface area contributed by atoms with E-state index < -0.39 is 16.6 Å². The van der Waals surface area contributed by atoms with Crippen LogP contribution in [0.3, 0.4) is 0 Å². The number of carbonyl (C=O) groups excluding carboxylic acids is 1. The molecule has 0 heterocycles. The molecule has 0 atom stereocenters. The zero-order chi connectivity index (χ0) is 8.08. The summed E-state index contributed by atoms with van der Waals surface area (Å²) in [5, 5.41) is 16.7. The van der Waals surface area contributed by atoms with Gasteiger partial charge in [-0.05, 0) is 6.16 Å². The largest absolute Gasteiger partial charge is 2.00 e. The maximum absolute atomic E-state index is 8.52. The molecule has 0 fully saturated rings. The minimum atomic E-state index is -5.17. The summed E-state index contributed by atoms with van der Waals surface area (Å²) in [5.74, 6) is 0. The van der Waals surface area contributed by atoms with Gasteiger partial charge in [-0.3, -0.25) is 8.42 Å². The third-order valence-electron chi connectivity index (χ3n) is 0. The SMILES string of the molecule is O=C([O-])[O-].O=S(=O)([O-])[O-].[Mg+2].[Mg+2]. The Balaban J connectivity index is -0.0000000383. The Morgan fingerprint density at radius 2 is 1.00 bits per heavy atom. The topological polar surface area (TPSA) is 143 Å². The van der Waals surface area contributed by atoms with Crippen LogP contribution in [0.25, 0.3) is 0 Å². The molecule has 0 saturated heterocycles. The molecule has 0 unspecified atom stereocenters. The van der Waals surface area contributed by atoms with Gasteiger partial charge in [0.05, 0.1) is 0 Å². The Hall–Kier alpha value is 0.672. The first-order valence-electron chi connectivity index (χ1n) is 1.28. The van der Waals surface area contributed by atoms with Gasteiger partial charge in [0.15, 0.2) is 0 Å². The Morgan fingerprint density at radius 3 is 1.00 bits per heavy atom. The van der Waals surface area contributed by atoms with Gasteiger partial charge in [-0.2, -0.15) is 0 Å². The molecule has 0 aromatic heterocycles. The number of hydrogen-bond acceptors (Lipinski definition) is 7. The van der Waals surface area contributed by atoms with Crippen molar-refractivity contribution in [3.8, 4) is 0 Å². The number of carbonyl (C=O) groups is 1. The molecule has 0 spiro atoms. The molecular weight excluding hydrogens is 205 g/mol. The van der Waals surface area contributed by atoms with E-state index >= 15 is 0 Å². The van der Waals surface area contributed by atoms with E-state index in [0.29, 0.717) is 0 Å². The number of rotatable bonds is 0. The van der Waals surface area contributed by atoms with Crippen molar-refractivity contribution in [3.63, 3.8) is 0 Å². The van der Waals surface area contributed by atoms with E-state index in [1.54, 1.807) is 0 Å². The van der Waals surface area contributed by atoms with Gasteiger partial charge in [-0.15, -0.1) is 0 Å². The average molecular weight is 205 g/mol. The van der Waals surface area contributed by atoms with Gasteiger partial charge in [0.25, 0.3) is 0 Å². The fourth-order valence-electron chi connectivity index (χ4n) is 0. The smallest absolute Gasteiger partial charge is 0.759 e. The summed E-state index contributed by atoms with van der Waals surface area (Å²) in [4.78, 5) is 8.33. The second kappa shape index (κ2) is 10.7. The first-order valence-corrected chi connectivity index (χ1v) is 2.61. The first kappa shape index (κ1) is 22.6. The van der Waals surface area contributed by atoms with Crippen LogP contribution in [0.2, 0.25) is 0 Å². The molecule has 0 radical (unpaired) electrons. The molecule has 0 rings (SSSR count). The Morgan fingerprint density at radius 1 is 1.00 bits per heavy atom. The van der Waals surface area contributed by atoms with E-state index in [0.717, 1.165) is 0 Å². The summed E-state index contributed by atoms with van der Waals surface area (Å²) in [6, 6.07) is 0. The van der Waals surface area contributed by atoms with Crippen LogP contribution in [0.1, 0.15) is 0 Å². The average Bonchev–Trinajstić information content (AvgIpc) is 1.19. The standard InChI is InChI=1S/CH2O3.2Mg.H2O4S/c2-1(3)4;;;1-5(2,3)4/h(H2,2,3,4);;;(H2,1,2,3,4)/q;2*+2;/p-4. The van der Waals surface area contributed by atoms with E-state index in [-0.39, 0.29) is 46.1 Å². The van der Waals surface area contributed by atoms with Gasteiger partial charge < -0.3 is 24.1 Å². The molecule has 0 aliphatic carbocycles. The van der Waals surface area contributed by atoms with Gasteiger partial charge in [-0.1, -0.05) is 0 Å². The van der Waals surface area contributed by atoms with Crippen molar-refractivity contribution in [2.24, 2.45) is 0 Å². The van der Waals surface area contributed by atoms with E-state index in [1.807, 2.05) is 0 Å². The summed E-state index contributed by atoms with van der Waals surface area (Å²) >= 11 is 0. The third kappa shape index (κ3) is 1780. The molecular formula is CMg2O7S. The van der Waals surface area contributed by atoms with Gasteiger partial charge in [0.1, 0.15) is 0 Å². The molecule has 0 saturated carbocycles. The van der Waals surface area contributed by atoms with Crippen molar-refractivity contribution >= 4 is 62.7 Å². The number of carboxylic acid groups (broad SMARTS) is 2. The molecule has 0 aliphatic heterocycles. The van der Waals surface area contributed by atoms with E-state index in [4.69, 9.17) is 32.5 Å². The quantitative estimate of drug-likeness (QED) is 0.220. The van der Waals surface area contributed by atoms with E-state index in [9.17, 15) is 0 Å². The predicted molar refractivity (Wildman–Crippen MR) is 27.4 cm³/mol. The van der Waals surface area contributed by atoms with Crippen LogP contribution in [-0.4, -0.2) is 69.8 Å². The molecule has 0 aromatic carbocycles. The molecule has 11 heavy (non-hydrogen) atoms. The van der Waals surface area contributed by atoms with Crippen molar-refractivity contribution in [2.45, 2.75) is 0 Å². The van der Waals surface area contributed by atoms with Gasteiger partial charge in [0.2, 0.25) is 0 Å².